The van der Waals surface area contributed by atoms with E-state index in [0.717, 1.165) is 12.0 Å². The fourth-order valence-electron chi connectivity index (χ4n) is 3.45. The highest BCUT2D eigenvalue weighted by molar-refractivity contribution is 5.97. The molecular formula is C21H30O5. The summed E-state index contributed by atoms with van der Waals surface area (Å²) in [4.78, 5) is 23.8. The molecule has 144 valence electrons. The Bertz CT molecular complexity index is 585. The van der Waals surface area contributed by atoms with Gasteiger partial charge < -0.3 is 14.2 Å². The monoisotopic (exact) mass is 362 g/mol. The van der Waals surface area contributed by atoms with Crippen LogP contribution in [0.5, 0.6) is 0 Å². The van der Waals surface area contributed by atoms with Crippen molar-refractivity contribution in [3.05, 3.63) is 35.9 Å². The molecule has 1 heterocycles. The number of hydrogen-bond acceptors (Lipinski definition) is 5. The first kappa shape index (κ1) is 20.6. The Balaban J connectivity index is 1.97. The van der Waals surface area contributed by atoms with Crippen molar-refractivity contribution in [3.8, 4) is 0 Å². The van der Waals surface area contributed by atoms with Gasteiger partial charge in [0.1, 0.15) is 11.7 Å². The first-order chi connectivity index (χ1) is 12.4. The van der Waals surface area contributed by atoms with E-state index in [9.17, 15) is 9.59 Å². The highest BCUT2D eigenvalue weighted by Crippen LogP contribution is 2.34. The van der Waals surface area contributed by atoms with Crippen LogP contribution < -0.4 is 0 Å². The standard InChI is InChI=1S/C21H30O5/c1-5-24-20(23)18(16(4)22)12-11-14(2)19-15(3)13-25-21(26-19)17-9-7-6-8-10-17/h6-10,14-15,18-19,21H,5,11-13H2,1-4H3/t14?,15-,18?,19+,21-/m0/s1. The van der Waals surface area contributed by atoms with Crippen LogP contribution in [0.3, 0.4) is 0 Å². The number of carbonyl (C=O) groups is 2. The number of hydrogen-bond donors (Lipinski definition) is 0. The molecule has 0 radical (unpaired) electrons. The molecule has 0 saturated carbocycles. The van der Waals surface area contributed by atoms with Crippen LogP contribution in [-0.4, -0.2) is 31.1 Å². The second-order valence-electron chi connectivity index (χ2n) is 7.12. The average molecular weight is 362 g/mol. The fourth-order valence-corrected chi connectivity index (χ4v) is 3.45. The molecule has 1 aliphatic heterocycles. The lowest BCUT2D eigenvalue weighted by molar-refractivity contribution is -0.250. The van der Waals surface area contributed by atoms with Crippen LogP contribution in [0.15, 0.2) is 30.3 Å². The summed E-state index contributed by atoms with van der Waals surface area (Å²) in [6.07, 6.45) is 0.857. The molecule has 0 amide bonds. The van der Waals surface area contributed by atoms with Crippen LogP contribution in [0.1, 0.15) is 52.4 Å². The van der Waals surface area contributed by atoms with E-state index in [4.69, 9.17) is 14.2 Å². The van der Waals surface area contributed by atoms with Crippen molar-refractivity contribution in [1.29, 1.82) is 0 Å². The molecule has 2 unspecified atom stereocenters. The van der Waals surface area contributed by atoms with Crippen molar-refractivity contribution >= 4 is 11.8 Å². The maximum Gasteiger partial charge on any atom is 0.316 e. The number of rotatable bonds is 8. The summed E-state index contributed by atoms with van der Waals surface area (Å²) in [5, 5.41) is 0. The van der Waals surface area contributed by atoms with E-state index in [2.05, 4.69) is 13.8 Å². The van der Waals surface area contributed by atoms with Crippen molar-refractivity contribution in [1.82, 2.24) is 0 Å². The van der Waals surface area contributed by atoms with Crippen molar-refractivity contribution in [2.75, 3.05) is 13.2 Å². The molecule has 0 aromatic heterocycles. The van der Waals surface area contributed by atoms with Gasteiger partial charge in [0.2, 0.25) is 0 Å². The summed E-state index contributed by atoms with van der Waals surface area (Å²) >= 11 is 0. The average Bonchev–Trinajstić information content (AvgIpc) is 2.62. The van der Waals surface area contributed by atoms with E-state index in [0.29, 0.717) is 13.0 Å². The van der Waals surface area contributed by atoms with E-state index in [1.165, 1.54) is 6.92 Å². The third-order valence-corrected chi connectivity index (χ3v) is 4.96. The second kappa shape index (κ2) is 9.83. The minimum absolute atomic E-state index is 0.0174. The lowest BCUT2D eigenvalue weighted by atomic mass is 9.86. The fraction of sp³-hybridized carbons (Fsp3) is 0.619. The number of Topliss-reactive ketones (excluding diaryl/α,β-unsaturated/α-hetero) is 1. The van der Waals surface area contributed by atoms with Crippen molar-refractivity contribution < 1.29 is 23.8 Å². The first-order valence-electron chi connectivity index (χ1n) is 9.43. The summed E-state index contributed by atoms with van der Waals surface area (Å²) in [5.41, 5.74) is 1.00. The Kier molecular flexibility index (Phi) is 7.79. The minimum atomic E-state index is -0.683. The molecular weight excluding hydrogens is 332 g/mol. The molecule has 0 spiro atoms. The Labute approximate surface area is 156 Å². The lowest BCUT2D eigenvalue weighted by Crippen LogP contribution is -2.39. The van der Waals surface area contributed by atoms with Crippen molar-refractivity contribution in [3.63, 3.8) is 0 Å². The van der Waals surface area contributed by atoms with E-state index in [1.807, 2.05) is 30.3 Å². The van der Waals surface area contributed by atoms with E-state index >= 15 is 0 Å². The van der Waals surface area contributed by atoms with Gasteiger partial charge in [0.15, 0.2) is 6.29 Å². The van der Waals surface area contributed by atoms with Crippen LogP contribution >= 0.6 is 0 Å². The number of esters is 1. The zero-order valence-corrected chi connectivity index (χ0v) is 16.1. The molecule has 5 heteroatoms. The number of ether oxygens (including phenoxy) is 3. The molecule has 1 saturated heterocycles. The maximum atomic E-state index is 12.0. The largest absolute Gasteiger partial charge is 0.465 e. The van der Waals surface area contributed by atoms with Gasteiger partial charge in [-0.2, -0.15) is 0 Å². The maximum absolute atomic E-state index is 12.0. The van der Waals surface area contributed by atoms with Gasteiger partial charge in [-0.3, -0.25) is 9.59 Å². The Morgan fingerprint density at radius 2 is 1.92 bits per heavy atom. The van der Waals surface area contributed by atoms with Crippen LogP contribution in [0, 0.1) is 17.8 Å². The van der Waals surface area contributed by atoms with Gasteiger partial charge in [0.25, 0.3) is 0 Å². The molecule has 1 fully saturated rings. The van der Waals surface area contributed by atoms with Gasteiger partial charge in [0.05, 0.1) is 19.3 Å². The molecule has 0 N–H and O–H groups in total. The van der Waals surface area contributed by atoms with Gasteiger partial charge in [0, 0.05) is 11.5 Å². The SMILES string of the molecule is CCOC(=O)C(CCC(C)[C@H]1O[C@@H](c2ccccc2)OC[C@@H]1C)C(C)=O. The van der Waals surface area contributed by atoms with Crippen LogP contribution in [-0.2, 0) is 23.8 Å². The van der Waals surface area contributed by atoms with Gasteiger partial charge in [-0.15, -0.1) is 0 Å². The van der Waals surface area contributed by atoms with E-state index < -0.39 is 11.9 Å². The van der Waals surface area contributed by atoms with Crippen LogP contribution in [0.4, 0.5) is 0 Å². The summed E-state index contributed by atoms with van der Waals surface area (Å²) in [5.74, 6) is -0.786. The Morgan fingerprint density at radius 1 is 1.23 bits per heavy atom. The smallest absolute Gasteiger partial charge is 0.316 e. The summed E-state index contributed by atoms with van der Waals surface area (Å²) < 4.78 is 17.1. The lowest BCUT2D eigenvalue weighted by Gasteiger charge is -2.38. The predicted molar refractivity (Wildman–Crippen MR) is 98.4 cm³/mol. The van der Waals surface area contributed by atoms with Crippen molar-refractivity contribution in [2.45, 2.75) is 52.9 Å². The molecule has 0 bridgehead atoms. The quantitative estimate of drug-likeness (QED) is 0.518. The number of benzene rings is 1. The molecule has 1 aromatic rings. The third kappa shape index (κ3) is 5.39. The zero-order valence-electron chi connectivity index (χ0n) is 16.1. The van der Waals surface area contributed by atoms with Crippen LogP contribution in [0.25, 0.3) is 0 Å². The number of ketones is 1. The normalized spacial score (nSPS) is 25.3. The molecule has 1 aromatic carbocycles. The minimum Gasteiger partial charge on any atom is -0.465 e. The summed E-state index contributed by atoms with van der Waals surface area (Å²) in [6.45, 7) is 8.33. The third-order valence-electron chi connectivity index (χ3n) is 4.96. The first-order valence-corrected chi connectivity index (χ1v) is 9.43. The Hall–Kier alpha value is -1.72. The summed E-state index contributed by atoms with van der Waals surface area (Å²) in [6, 6.07) is 9.89. The highest BCUT2D eigenvalue weighted by atomic mass is 16.7. The number of carbonyl (C=O) groups excluding carboxylic acids is 2. The van der Waals surface area contributed by atoms with Crippen LogP contribution in [0.2, 0.25) is 0 Å². The predicted octanol–water partition coefficient (Wildman–Crippen LogP) is 3.92. The van der Waals surface area contributed by atoms with E-state index in [-0.39, 0.29) is 36.6 Å². The summed E-state index contributed by atoms with van der Waals surface area (Å²) in [7, 11) is 0. The van der Waals surface area contributed by atoms with Gasteiger partial charge in [-0.1, -0.05) is 44.2 Å². The van der Waals surface area contributed by atoms with Gasteiger partial charge >= 0.3 is 5.97 Å². The van der Waals surface area contributed by atoms with Gasteiger partial charge in [-0.25, -0.2) is 0 Å². The molecule has 1 aliphatic rings. The highest BCUT2D eigenvalue weighted by Gasteiger charge is 2.34. The molecule has 5 atom stereocenters. The molecule has 0 aliphatic carbocycles. The molecule has 26 heavy (non-hydrogen) atoms. The van der Waals surface area contributed by atoms with Crippen molar-refractivity contribution in [2.24, 2.45) is 17.8 Å². The molecule has 5 nitrogen and oxygen atoms in total. The molecule has 2 rings (SSSR count). The topological polar surface area (TPSA) is 61.8 Å². The zero-order chi connectivity index (χ0) is 19.1. The Morgan fingerprint density at radius 3 is 2.54 bits per heavy atom. The van der Waals surface area contributed by atoms with E-state index in [1.54, 1.807) is 6.92 Å². The second-order valence-corrected chi connectivity index (χ2v) is 7.12. The van der Waals surface area contributed by atoms with Gasteiger partial charge in [-0.05, 0) is 32.6 Å².